The van der Waals surface area contributed by atoms with Crippen LogP contribution in [0.4, 0.5) is 5.69 Å². The number of hydrogen-bond acceptors (Lipinski definition) is 3. The molecule has 110 valence electrons. The van der Waals surface area contributed by atoms with E-state index in [0.717, 1.165) is 6.04 Å². The molecule has 1 aromatic rings. The molecule has 0 bridgehead atoms. The Bertz CT molecular complexity index is 435. The summed E-state index contributed by atoms with van der Waals surface area (Å²) in [6.07, 6.45) is 2.60. The lowest BCUT2D eigenvalue weighted by molar-refractivity contribution is 0.0982. The van der Waals surface area contributed by atoms with Gasteiger partial charge in [-0.3, -0.25) is 4.90 Å². The monoisotopic (exact) mass is 337 g/mol. The molecule has 2 aliphatic rings. The number of rotatable bonds is 2. The second kappa shape index (κ2) is 6.46. The van der Waals surface area contributed by atoms with Gasteiger partial charge in [-0.2, -0.15) is 0 Å². The van der Waals surface area contributed by atoms with Crippen LogP contribution in [0, 0.1) is 0 Å². The van der Waals surface area contributed by atoms with E-state index in [2.05, 4.69) is 61.9 Å². The Balaban J connectivity index is 1.54. The molecule has 0 unspecified atom stereocenters. The molecule has 0 saturated carbocycles. The van der Waals surface area contributed by atoms with Gasteiger partial charge in [-0.15, -0.1) is 0 Å². The minimum Gasteiger partial charge on any atom is -0.371 e. The van der Waals surface area contributed by atoms with Crippen LogP contribution in [0.5, 0.6) is 0 Å². The molecule has 0 aliphatic carbocycles. The Kier molecular flexibility index (Phi) is 4.64. The summed E-state index contributed by atoms with van der Waals surface area (Å²) in [5, 5.41) is 0. The van der Waals surface area contributed by atoms with Gasteiger partial charge in [0.05, 0.1) is 0 Å². The number of benzene rings is 1. The largest absolute Gasteiger partial charge is 0.371 e. The highest BCUT2D eigenvalue weighted by Gasteiger charge is 2.26. The first-order valence-electron chi connectivity index (χ1n) is 7.65. The van der Waals surface area contributed by atoms with Gasteiger partial charge in [0.15, 0.2) is 0 Å². The highest BCUT2D eigenvalue weighted by molar-refractivity contribution is 9.10. The molecule has 0 N–H and O–H groups in total. The van der Waals surface area contributed by atoms with Crippen LogP contribution in [-0.4, -0.2) is 62.2 Å². The van der Waals surface area contributed by atoms with Crippen molar-refractivity contribution < 1.29 is 0 Å². The number of halogens is 1. The molecular formula is C16H24BrN3. The fourth-order valence-corrected chi connectivity index (χ4v) is 3.74. The molecular weight excluding hydrogens is 314 g/mol. The first-order chi connectivity index (χ1) is 9.72. The van der Waals surface area contributed by atoms with E-state index in [1.54, 1.807) is 0 Å². The number of piperazine rings is 1. The zero-order valence-electron chi connectivity index (χ0n) is 12.3. The average molecular weight is 338 g/mol. The summed E-state index contributed by atoms with van der Waals surface area (Å²) in [6.45, 7) is 7.33. The van der Waals surface area contributed by atoms with E-state index in [4.69, 9.17) is 0 Å². The van der Waals surface area contributed by atoms with Crippen LogP contribution in [0.25, 0.3) is 0 Å². The number of anilines is 1. The molecule has 0 aromatic heterocycles. The van der Waals surface area contributed by atoms with Gasteiger partial charge in [0.25, 0.3) is 0 Å². The van der Waals surface area contributed by atoms with Gasteiger partial charge in [-0.1, -0.05) is 22.0 Å². The van der Waals surface area contributed by atoms with E-state index in [9.17, 15) is 0 Å². The van der Waals surface area contributed by atoms with Gasteiger partial charge in [-0.25, -0.2) is 0 Å². The minimum absolute atomic E-state index is 0.798. The quantitative estimate of drug-likeness (QED) is 0.821. The van der Waals surface area contributed by atoms with Crippen LogP contribution >= 0.6 is 15.9 Å². The maximum absolute atomic E-state index is 3.57. The lowest BCUT2D eigenvalue weighted by atomic mass is 10.0. The van der Waals surface area contributed by atoms with Crippen molar-refractivity contribution in [3.05, 3.63) is 28.7 Å². The predicted octanol–water partition coefficient (Wildman–Crippen LogP) is 2.67. The fraction of sp³-hybridized carbons (Fsp3) is 0.625. The van der Waals surface area contributed by atoms with Crippen LogP contribution in [0.3, 0.4) is 0 Å². The second-order valence-corrected chi connectivity index (χ2v) is 6.95. The number of likely N-dealkylation sites (N-methyl/N-ethyl adjacent to an activating group) is 1. The summed E-state index contributed by atoms with van der Waals surface area (Å²) < 4.78 is 1.18. The van der Waals surface area contributed by atoms with E-state index in [-0.39, 0.29) is 0 Å². The van der Waals surface area contributed by atoms with Crippen molar-refractivity contribution in [3.63, 3.8) is 0 Å². The Morgan fingerprint density at radius 2 is 1.70 bits per heavy atom. The van der Waals surface area contributed by atoms with Crippen molar-refractivity contribution >= 4 is 21.6 Å². The smallest absolute Gasteiger partial charge is 0.0377 e. The van der Waals surface area contributed by atoms with Crippen LogP contribution in [0.15, 0.2) is 28.7 Å². The SMILES string of the molecule is CN1CCN(C2CCN(c3cccc(Br)c3)CC2)CC1. The molecule has 0 atom stereocenters. The lowest BCUT2D eigenvalue weighted by Crippen LogP contribution is -2.52. The third-order valence-corrected chi connectivity index (χ3v) is 5.19. The van der Waals surface area contributed by atoms with Crippen molar-refractivity contribution in [3.8, 4) is 0 Å². The first kappa shape index (κ1) is 14.4. The highest BCUT2D eigenvalue weighted by atomic mass is 79.9. The highest BCUT2D eigenvalue weighted by Crippen LogP contribution is 2.25. The van der Waals surface area contributed by atoms with E-state index in [0.29, 0.717) is 0 Å². The lowest BCUT2D eigenvalue weighted by Gasteiger charge is -2.42. The Hall–Kier alpha value is -0.580. The van der Waals surface area contributed by atoms with Gasteiger partial charge < -0.3 is 9.80 Å². The second-order valence-electron chi connectivity index (χ2n) is 6.04. The maximum Gasteiger partial charge on any atom is 0.0377 e. The number of hydrogen-bond donors (Lipinski definition) is 0. The molecule has 2 aliphatic heterocycles. The van der Waals surface area contributed by atoms with E-state index >= 15 is 0 Å². The summed E-state index contributed by atoms with van der Waals surface area (Å²) in [5.41, 5.74) is 1.36. The molecule has 0 spiro atoms. The zero-order valence-corrected chi connectivity index (χ0v) is 13.8. The normalized spacial score (nSPS) is 23.2. The van der Waals surface area contributed by atoms with Crippen molar-refractivity contribution in [2.45, 2.75) is 18.9 Å². The van der Waals surface area contributed by atoms with Crippen molar-refractivity contribution in [1.82, 2.24) is 9.80 Å². The van der Waals surface area contributed by atoms with Gasteiger partial charge in [0.2, 0.25) is 0 Å². The van der Waals surface area contributed by atoms with E-state index in [1.807, 2.05) is 0 Å². The maximum atomic E-state index is 3.57. The molecule has 4 heteroatoms. The van der Waals surface area contributed by atoms with Gasteiger partial charge in [0, 0.05) is 55.5 Å². The fourth-order valence-electron chi connectivity index (χ4n) is 3.35. The first-order valence-corrected chi connectivity index (χ1v) is 8.45. The summed E-state index contributed by atoms with van der Waals surface area (Å²) >= 11 is 3.57. The predicted molar refractivity (Wildman–Crippen MR) is 88.4 cm³/mol. The molecule has 2 fully saturated rings. The number of nitrogens with zero attached hydrogens (tertiary/aromatic N) is 3. The minimum atomic E-state index is 0.798. The molecule has 0 radical (unpaired) electrons. The molecule has 3 nitrogen and oxygen atoms in total. The van der Waals surface area contributed by atoms with Crippen LogP contribution < -0.4 is 4.90 Å². The molecule has 0 amide bonds. The van der Waals surface area contributed by atoms with Crippen LogP contribution in [-0.2, 0) is 0 Å². The van der Waals surface area contributed by atoms with E-state index in [1.165, 1.54) is 62.3 Å². The Morgan fingerprint density at radius 3 is 2.35 bits per heavy atom. The summed E-state index contributed by atoms with van der Waals surface area (Å²) in [4.78, 5) is 7.67. The van der Waals surface area contributed by atoms with Gasteiger partial charge in [0.1, 0.15) is 0 Å². The molecule has 3 rings (SSSR count). The Labute approximate surface area is 130 Å². The molecule has 1 aromatic carbocycles. The summed E-state index contributed by atoms with van der Waals surface area (Å²) in [5.74, 6) is 0. The third-order valence-electron chi connectivity index (χ3n) is 4.69. The van der Waals surface area contributed by atoms with Crippen LogP contribution in [0.1, 0.15) is 12.8 Å². The molecule has 20 heavy (non-hydrogen) atoms. The standard InChI is InChI=1S/C16H24BrN3/c1-18-9-11-20(12-10-18)15-5-7-19(8-6-15)16-4-2-3-14(17)13-16/h2-4,13,15H,5-12H2,1H3. The summed E-state index contributed by atoms with van der Waals surface area (Å²) in [6, 6.07) is 9.48. The van der Waals surface area contributed by atoms with E-state index < -0.39 is 0 Å². The molecule has 2 saturated heterocycles. The summed E-state index contributed by atoms with van der Waals surface area (Å²) in [7, 11) is 2.23. The molecule has 2 heterocycles. The van der Waals surface area contributed by atoms with Crippen molar-refractivity contribution in [1.29, 1.82) is 0 Å². The average Bonchev–Trinajstić information content (AvgIpc) is 2.48. The van der Waals surface area contributed by atoms with Crippen molar-refractivity contribution in [2.24, 2.45) is 0 Å². The van der Waals surface area contributed by atoms with Gasteiger partial charge in [-0.05, 0) is 38.1 Å². The van der Waals surface area contributed by atoms with Gasteiger partial charge >= 0.3 is 0 Å². The number of piperidine rings is 1. The third kappa shape index (κ3) is 3.35. The Morgan fingerprint density at radius 1 is 1.00 bits per heavy atom. The van der Waals surface area contributed by atoms with Crippen molar-refractivity contribution in [2.75, 3.05) is 51.2 Å². The topological polar surface area (TPSA) is 9.72 Å². The zero-order chi connectivity index (χ0) is 13.9. The van der Waals surface area contributed by atoms with Crippen LogP contribution in [0.2, 0.25) is 0 Å².